The first kappa shape index (κ1) is 15.8. The van der Waals surface area contributed by atoms with Gasteiger partial charge in [-0.1, -0.05) is 44.2 Å². The van der Waals surface area contributed by atoms with E-state index in [4.69, 9.17) is 10.5 Å². The monoisotopic (exact) mass is 291 g/mol. The maximum Gasteiger partial charge on any atom is 0.407 e. The molecule has 0 unspecified atom stereocenters. The molecule has 0 radical (unpaired) electrons. The van der Waals surface area contributed by atoms with Crippen molar-refractivity contribution < 1.29 is 9.53 Å². The van der Waals surface area contributed by atoms with E-state index in [1.807, 2.05) is 30.3 Å². The number of alkyl carbamates (subject to hydrolysis) is 1. The van der Waals surface area contributed by atoms with Crippen molar-refractivity contribution in [2.75, 3.05) is 19.6 Å². The highest BCUT2D eigenvalue weighted by Gasteiger charge is 2.31. The summed E-state index contributed by atoms with van der Waals surface area (Å²) in [4.78, 5) is 14.1. The summed E-state index contributed by atoms with van der Waals surface area (Å²) in [6.07, 6.45) is -0.397. The topological polar surface area (TPSA) is 67.6 Å². The van der Waals surface area contributed by atoms with Crippen molar-refractivity contribution >= 4 is 6.09 Å². The van der Waals surface area contributed by atoms with Crippen LogP contribution in [0.15, 0.2) is 30.3 Å². The van der Waals surface area contributed by atoms with E-state index in [9.17, 15) is 4.79 Å². The lowest BCUT2D eigenvalue weighted by atomic mass is 10.2. The molecule has 1 aliphatic rings. The number of carbonyl (C=O) groups is 1. The van der Waals surface area contributed by atoms with Crippen molar-refractivity contribution in [2.24, 2.45) is 11.7 Å². The van der Waals surface area contributed by atoms with Crippen LogP contribution in [0.5, 0.6) is 0 Å². The summed E-state index contributed by atoms with van der Waals surface area (Å²) in [6.45, 7) is 7.26. The fraction of sp³-hybridized carbons (Fsp3) is 0.562. The standard InChI is InChI=1S/C16H25N3O2/c1-12(2)8-19-9-14(17)15(10-19)18-16(20)21-11-13-6-4-3-5-7-13/h3-7,12,14-15H,8-11,17H2,1-2H3,(H,18,20)/t14-,15+/m0/s1. The minimum absolute atomic E-state index is 0.0342. The predicted octanol–water partition coefficient (Wildman–Crippen LogP) is 1.58. The molecule has 0 bridgehead atoms. The molecule has 2 rings (SSSR count). The van der Waals surface area contributed by atoms with Gasteiger partial charge < -0.3 is 15.8 Å². The van der Waals surface area contributed by atoms with Gasteiger partial charge in [0.1, 0.15) is 6.61 Å². The van der Waals surface area contributed by atoms with E-state index < -0.39 is 6.09 Å². The number of amides is 1. The number of nitrogens with zero attached hydrogens (tertiary/aromatic N) is 1. The first-order valence-corrected chi connectivity index (χ1v) is 7.49. The van der Waals surface area contributed by atoms with E-state index in [-0.39, 0.29) is 18.7 Å². The van der Waals surface area contributed by atoms with Crippen LogP contribution in [0.4, 0.5) is 4.79 Å². The molecule has 1 fully saturated rings. The number of hydrogen-bond donors (Lipinski definition) is 2. The number of ether oxygens (including phenoxy) is 1. The Morgan fingerprint density at radius 1 is 1.38 bits per heavy atom. The molecule has 5 nitrogen and oxygen atoms in total. The number of likely N-dealkylation sites (tertiary alicyclic amines) is 1. The second-order valence-corrected chi connectivity index (χ2v) is 6.09. The summed E-state index contributed by atoms with van der Waals surface area (Å²) < 4.78 is 5.23. The largest absolute Gasteiger partial charge is 0.445 e. The minimum Gasteiger partial charge on any atom is -0.445 e. The molecule has 21 heavy (non-hydrogen) atoms. The van der Waals surface area contributed by atoms with Gasteiger partial charge in [-0.2, -0.15) is 0 Å². The molecule has 0 saturated carbocycles. The molecule has 1 aromatic carbocycles. The first-order chi connectivity index (χ1) is 10.0. The lowest BCUT2D eigenvalue weighted by Crippen LogP contribution is -2.46. The number of hydrogen-bond acceptors (Lipinski definition) is 4. The molecule has 116 valence electrons. The van der Waals surface area contributed by atoms with Crippen LogP contribution in [-0.4, -0.2) is 42.7 Å². The smallest absolute Gasteiger partial charge is 0.407 e. The minimum atomic E-state index is -0.397. The zero-order chi connectivity index (χ0) is 15.2. The summed E-state index contributed by atoms with van der Waals surface area (Å²) in [5, 5.41) is 2.87. The average molecular weight is 291 g/mol. The zero-order valence-electron chi connectivity index (χ0n) is 12.8. The van der Waals surface area contributed by atoms with E-state index in [0.29, 0.717) is 5.92 Å². The summed E-state index contributed by atoms with van der Waals surface area (Å²) >= 11 is 0. The summed E-state index contributed by atoms with van der Waals surface area (Å²) in [7, 11) is 0. The van der Waals surface area contributed by atoms with Crippen LogP contribution in [0.2, 0.25) is 0 Å². The van der Waals surface area contributed by atoms with Crippen LogP contribution >= 0.6 is 0 Å². The maximum atomic E-state index is 11.8. The number of carbonyl (C=O) groups excluding carboxylic acids is 1. The molecular weight excluding hydrogens is 266 g/mol. The first-order valence-electron chi connectivity index (χ1n) is 7.49. The van der Waals surface area contributed by atoms with Crippen LogP contribution in [0.3, 0.4) is 0 Å². The third kappa shape index (κ3) is 5.02. The number of nitrogens with one attached hydrogen (secondary N) is 1. The molecule has 1 aromatic rings. The van der Waals surface area contributed by atoms with Crippen molar-refractivity contribution in [3.63, 3.8) is 0 Å². The summed E-state index contributed by atoms with van der Waals surface area (Å²) in [5.41, 5.74) is 7.07. The Morgan fingerprint density at radius 3 is 2.76 bits per heavy atom. The van der Waals surface area contributed by atoms with E-state index >= 15 is 0 Å². The predicted molar refractivity (Wildman–Crippen MR) is 82.8 cm³/mol. The van der Waals surface area contributed by atoms with Gasteiger partial charge >= 0.3 is 6.09 Å². The Balaban J connectivity index is 1.75. The quantitative estimate of drug-likeness (QED) is 0.864. The molecule has 0 aliphatic carbocycles. The Hall–Kier alpha value is -1.59. The van der Waals surface area contributed by atoms with E-state index in [2.05, 4.69) is 24.1 Å². The Bertz CT molecular complexity index is 450. The highest BCUT2D eigenvalue weighted by molar-refractivity contribution is 5.67. The van der Waals surface area contributed by atoms with E-state index in [1.165, 1.54) is 0 Å². The Morgan fingerprint density at radius 2 is 2.10 bits per heavy atom. The summed E-state index contributed by atoms with van der Waals surface area (Å²) in [6, 6.07) is 9.57. The molecular formula is C16H25N3O2. The molecule has 3 N–H and O–H groups in total. The van der Waals surface area contributed by atoms with Crippen LogP contribution in [0, 0.1) is 5.92 Å². The van der Waals surface area contributed by atoms with Gasteiger partial charge in [-0.25, -0.2) is 4.79 Å². The molecule has 1 amide bonds. The van der Waals surface area contributed by atoms with Crippen LogP contribution in [-0.2, 0) is 11.3 Å². The van der Waals surface area contributed by atoms with Crippen LogP contribution in [0.1, 0.15) is 19.4 Å². The van der Waals surface area contributed by atoms with Crippen molar-refractivity contribution in [1.29, 1.82) is 0 Å². The highest BCUT2D eigenvalue weighted by Crippen LogP contribution is 2.11. The molecule has 1 saturated heterocycles. The molecule has 1 aliphatic heterocycles. The van der Waals surface area contributed by atoms with Crippen LogP contribution in [0.25, 0.3) is 0 Å². The van der Waals surface area contributed by atoms with Gasteiger partial charge in [-0.15, -0.1) is 0 Å². The van der Waals surface area contributed by atoms with Gasteiger partial charge in [0.15, 0.2) is 0 Å². The van der Waals surface area contributed by atoms with Gasteiger partial charge in [0.2, 0.25) is 0 Å². The van der Waals surface area contributed by atoms with Crippen molar-refractivity contribution in [3.8, 4) is 0 Å². The highest BCUT2D eigenvalue weighted by atomic mass is 16.5. The maximum absolute atomic E-state index is 11.8. The SMILES string of the molecule is CC(C)CN1C[C@H](N)[C@H](NC(=O)OCc2ccccc2)C1. The Kier molecular flexibility index (Phi) is 5.59. The molecule has 0 aromatic heterocycles. The lowest BCUT2D eigenvalue weighted by Gasteiger charge is -2.18. The van der Waals surface area contributed by atoms with Crippen molar-refractivity contribution in [3.05, 3.63) is 35.9 Å². The van der Waals surface area contributed by atoms with Gasteiger partial charge in [0.25, 0.3) is 0 Å². The van der Waals surface area contributed by atoms with Gasteiger partial charge in [-0.05, 0) is 11.5 Å². The van der Waals surface area contributed by atoms with E-state index in [0.717, 1.165) is 25.2 Å². The third-order valence-electron chi connectivity index (χ3n) is 3.58. The van der Waals surface area contributed by atoms with E-state index in [1.54, 1.807) is 0 Å². The Labute approximate surface area is 126 Å². The second kappa shape index (κ2) is 7.43. The fourth-order valence-electron chi connectivity index (χ4n) is 2.65. The second-order valence-electron chi connectivity index (χ2n) is 6.09. The lowest BCUT2D eigenvalue weighted by molar-refractivity contribution is 0.135. The zero-order valence-corrected chi connectivity index (χ0v) is 12.8. The number of nitrogens with two attached hydrogens (primary N) is 1. The average Bonchev–Trinajstić information content (AvgIpc) is 2.76. The van der Waals surface area contributed by atoms with Gasteiger partial charge in [0, 0.05) is 25.7 Å². The molecule has 1 heterocycles. The molecule has 0 spiro atoms. The van der Waals surface area contributed by atoms with Crippen LogP contribution < -0.4 is 11.1 Å². The molecule has 5 heteroatoms. The number of rotatable bonds is 5. The van der Waals surface area contributed by atoms with Crippen molar-refractivity contribution in [2.45, 2.75) is 32.5 Å². The van der Waals surface area contributed by atoms with Gasteiger partial charge in [0.05, 0.1) is 6.04 Å². The molecule has 2 atom stereocenters. The fourth-order valence-corrected chi connectivity index (χ4v) is 2.65. The normalized spacial score (nSPS) is 22.5. The summed E-state index contributed by atoms with van der Waals surface area (Å²) in [5.74, 6) is 0.598. The number of benzene rings is 1. The van der Waals surface area contributed by atoms with Crippen molar-refractivity contribution in [1.82, 2.24) is 10.2 Å². The third-order valence-corrected chi connectivity index (χ3v) is 3.58. The van der Waals surface area contributed by atoms with Gasteiger partial charge in [-0.3, -0.25) is 4.90 Å².